The lowest BCUT2D eigenvalue weighted by atomic mass is 10.0. The lowest BCUT2D eigenvalue weighted by Gasteiger charge is -2.08. The number of nitrogens with zero attached hydrogens (tertiary/aromatic N) is 3. The minimum absolute atomic E-state index is 0.544. The van der Waals surface area contributed by atoms with Crippen LogP contribution in [0.25, 0.3) is 16.8 Å². The van der Waals surface area contributed by atoms with E-state index in [-0.39, 0.29) is 0 Å². The topological polar surface area (TPSA) is 56.7 Å². The van der Waals surface area contributed by atoms with Gasteiger partial charge in [-0.25, -0.2) is 9.67 Å². The number of aromatic nitrogens is 3. The van der Waals surface area contributed by atoms with Gasteiger partial charge in [-0.1, -0.05) is 18.2 Å². The standard InChI is InChI=1S/C17H18N4/c1-11-15(9-10-16(18)19-11)17-12(2)20-21(13(17)3)14-7-5-4-6-8-14/h4-10H,1-3H3,(H2,18,19). The maximum absolute atomic E-state index is 5.75. The average molecular weight is 278 g/mol. The quantitative estimate of drug-likeness (QED) is 0.781. The van der Waals surface area contributed by atoms with Gasteiger partial charge in [0, 0.05) is 22.5 Å². The van der Waals surface area contributed by atoms with Gasteiger partial charge < -0.3 is 5.73 Å². The zero-order valence-electron chi connectivity index (χ0n) is 12.5. The van der Waals surface area contributed by atoms with Gasteiger partial charge in [0.15, 0.2) is 0 Å². The van der Waals surface area contributed by atoms with Crippen molar-refractivity contribution in [2.45, 2.75) is 20.8 Å². The lowest BCUT2D eigenvalue weighted by Crippen LogP contribution is -1.99. The average Bonchev–Trinajstić information content (AvgIpc) is 2.76. The molecule has 21 heavy (non-hydrogen) atoms. The van der Waals surface area contributed by atoms with Gasteiger partial charge in [-0.2, -0.15) is 5.10 Å². The van der Waals surface area contributed by atoms with Crippen molar-refractivity contribution in [3.8, 4) is 16.8 Å². The molecule has 0 radical (unpaired) electrons. The minimum atomic E-state index is 0.544. The first-order valence-corrected chi connectivity index (χ1v) is 6.93. The molecule has 2 aromatic heterocycles. The summed E-state index contributed by atoms with van der Waals surface area (Å²) in [5.74, 6) is 0.544. The van der Waals surface area contributed by atoms with E-state index in [0.29, 0.717) is 5.82 Å². The highest BCUT2D eigenvalue weighted by Gasteiger charge is 2.16. The molecule has 0 amide bonds. The van der Waals surface area contributed by atoms with Crippen molar-refractivity contribution in [3.63, 3.8) is 0 Å². The van der Waals surface area contributed by atoms with Crippen molar-refractivity contribution in [3.05, 3.63) is 59.5 Å². The third-order valence-electron chi connectivity index (χ3n) is 3.67. The Balaban J connectivity index is 2.19. The molecule has 2 N–H and O–H groups in total. The third-order valence-corrected chi connectivity index (χ3v) is 3.67. The predicted molar refractivity (Wildman–Crippen MR) is 85.4 cm³/mol. The number of nitrogen functional groups attached to an aromatic ring is 1. The smallest absolute Gasteiger partial charge is 0.123 e. The Morgan fingerprint density at radius 3 is 2.29 bits per heavy atom. The van der Waals surface area contributed by atoms with Crippen LogP contribution in [0.2, 0.25) is 0 Å². The molecule has 0 aliphatic rings. The molecule has 4 nitrogen and oxygen atoms in total. The number of rotatable bonds is 2. The molecule has 3 aromatic rings. The highest BCUT2D eigenvalue weighted by Crippen LogP contribution is 2.30. The van der Waals surface area contributed by atoms with E-state index in [2.05, 4.69) is 29.1 Å². The van der Waals surface area contributed by atoms with Gasteiger partial charge in [0.25, 0.3) is 0 Å². The van der Waals surface area contributed by atoms with E-state index in [9.17, 15) is 0 Å². The van der Waals surface area contributed by atoms with Crippen molar-refractivity contribution < 1.29 is 0 Å². The Bertz CT molecular complexity index is 788. The third kappa shape index (κ3) is 2.29. The highest BCUT2D eigenvalue weighted by atomic mass is 15.3. The lowest BCUT2D eigenvalue weighted by molar-refractivity contribution is 0.834. The van der Waals surface area contributed by atoms with Gasteiger partial charge in [0.1, 0.15) is 5.82 Å². The van der Waals surface area contributed by atoms with Crippen LogP contribution in [-0.2, 0) is 0 Å². The number of anilines is 1. The molecule has 4 heteroatoms. The Morgan fingerprint density at radius 1 is 0.905 bits per heavy atom. The molecule has 0 saturated heterocycles. The van der Waals surface area contributed by atoms with E-state index in [4.69, 9.17) is 5.73 Å². The van der Waals surface area contributed by atoms with E-state index in [1.807, 2.05) is 48.9 Å². The van der Waals surface area contributed by atoms with Gasteiger partial charge in [-0.15, -0.1) is 0 Å². The first-order valence-electron chi connectivity index (χ1n) is 6.93. The Kier molecular flexibility index (Phi) is 3.22. The van der Waals surface area contributed by atoms with Crippen LogP contribution >= 0.6 is 0 Å². The molecule has 106 valence electrons. The first-order chi connectivity index (χ1) is 10.1. The normalized spacial score (nSPS) is 10.8. The summed E-state index contributed by atoms with van der Waals surface area (Å²) in [5, 5.41) is 4.68. The number of pyridine rings is 1. The second-order valence-corrected chi connectivity index (χ2v) is 5.16. The minimum Gasteiger partial charge on any atom is -0.384 e. The van der Waals surface area contributed by atoms with Crippen molar-refractivity contribution in [1.82, 2.24) is 14.8 Å². The predicted octanol–water partition coefficient (Wildman–Crippen LogP) is 3.44. The van der Waals surface area contributed by atoms with Crippen LogP contribution in [0.4, 0.5) is 5.82 Å². The fourth-order valence-corrected chi connectivity index (χ4v) is 2.70. The molecule has 0 fully saturated rings. The van der Waals surface area contributed by atoms with Crippen molar-refractivity contribution in [2.24, 2.45) is 0 Å². The summed E-state index contributed by atoms with van der Waals surface area (Å²) in [4.78, 5) is 4.35. The molecule has 0 bridgehead atoms. The highest BCUT2D eigenvalue weighted by molar-refractivity contribution is 5.72. The molecule has 0 spiro atoms. The second kappa shape index (κ2) is 5.05. The second-order valence-electron chi connectivity index (χ2n) is 5.16. The zero-order chi connectivity index (χ0) is 15.0. The molecule has 0 unspecified atom stereocenters. The summed E-state index contributed by atoms with van der Waals surface area (Å²) in [5.41, 5.74) is 12.0. The Labute approximate surface area is 124 Å². The van der Waals surface area contributed by atoms with E-state index in [0.717, 1.165) is 33.9 Å². The Morgan fingerprint density at radius 2 is 1.62 bits per heavy atom. The van der Waals surface area contributed by atoms with Crippen molar-refractivity contribution >= 4 is 5.82 Å². The van der Waals surface area contributed by atoms with Crippen LogP contribution in [0.15, 0.2) is 42.5 Å². The molecule has 1 aromatic carbocycles. The number of hydrogen-bond donors (Lipinski definition) is 1. The summed E-state index contributed by atoms with van der Waals surface area (Å²) in [6.07, 6.45) is 0. The van der Waals surface area contributed by atoms with Crippen molar-refractivity contribution in [2.75, 3.05) is 5.73 Å². The van der Waals surface area contributed by atoms with Crippen LogP contribution in [0, 0.1) is 20.8 Å². The van der Waals surface area contributed by atoms with E-state index >= 15 is 0 Å². The molecular formula is C17H18N4. The van der Waals surface area contributed by atoms with Crippen LogP contribution in [0.1, 0.15) is 17.1 Å². The maximum Gasteiger partial charge on any atom is 0.123 e. The molecule has 0 aliphatic carbocycles. The van der Waals surface area contributed by atoms with Crippen LogP contribution in [0.5, 0.6) is 0 Å². The van der Waals surface area contributed by atoms with Crippen LogP contribution in [-0.4, -0.2) is 14.8 Å². The number of nitrogens with two attached hydrogens (primary N) is 1. The molecule has 0 saturated carbocycles. The van der Waals surface area contributed by atoms with Gasteiger partial charge in [0.05, 0.1) is 11.4 Å². The van der Waals surface area contributed by atoms with Gasteiger partial charge in [-0.05, 0) is 45.0 Å². The molecular weight excluding hydrogens is 260 g/mol. The Hall–Kier alpha value is -2.62. The van der Waals surface area contributed by atoms with E-state index < -0.39 is 0 Å². The number of aryl methyl sites for hydroxylation is 2. The van der Waals surface area contributed by atoms with Gasteiger partial charge in [0.2, 0.25) is 0 Å². The maximum atomic E-state index is 5.75. The SMILES string of the molecule is Cc1nc(N)ccc1-c1c(C)nn(-c2ccccc2)c1C. The summed E-state index contributed by atoms with van der Waals surface area (Å²) in [6, 6.07) is 14.0. The van der Waals surface area contributed by atoms with Gasteiger partial charge >= 0.3 is 0 Å². The zero-order valence-corrected chi connectivity index (χ0v) is 12.5. The van der Waals surface area contributed by atoms with Crippen molar-refractivity contribution in [1.29, 1.82) is 0 Å². The first kappa shape index (κ1) is 13.4. The number of benzene rings is 1. The van der Waals surface area contributed by atoms with E-state index in [1.165, 1.54) is 0 Å². The summed E-state index contributed by atoms with van der Waals surface area (Å²) in [7, 11) is 0. The summed E-state index contributed by atoms with van der Waals surface area (Å²) in [6.45, 7) is 6.08. The fourth-order valence-electron chi connectivity index (χ4n) is 2.70. The van der Waals surface area contributed by atoms with Crippen LogP contribution in [0.3, 0.4) is 0 Å². The summed E-state index contributed by atoms with van der Waals surface area (Å²) >= 11 is 0. The fraction of sp³-hybridized carbons (Fsp3) is 0.176. The number of para-hydroxylation sites is 1. The van der Waals surface area contributed by atoms with Crippen LogP contribution < -0.4 is 5.73 Å². The monoisotopic (exact) mass is 278 g/mol. The van der Waals surface area contributed by atoms with Gasteiger partial charge in [-0.3, -0.25) is 0 Å². The van der Waals surface area contributed by atoms with E-state index in [1.54, 1.807) is 0 Å². The number of hydrogen-bond acceptors (Lipinski definition) is 3. The molecule has 0 atom stereocenters. The molecule has 3 rings (SSSR count). The largest absolute Gasteiger partial charge is 0.384 e. The molecule has 2 heterocycles. The summed E-state index contributed by atoms with van der Waals surface area (Å²) < 4.78 is 1.97. The molecule has 0 aliphatic heterocycles.